The number of thiocarbonyl (C=S) groups is 1. The Morgan fingerprint density at radius 1 is 1.42 bits per heavy atom. The molecule has 0 bridgehead atoms. The molecule has 0 spiro atoms. The molecule has 5 heteroatoms. The first-order valence-corrected chi connectivity index (χ1v) is 8.30. The molecule has 2 rings (SSSR count). The predicted molar refractivity (Wildman–Crippen MR) is 89.1 cm³/mol. The smallest absolute Gasteiger partial charge is 0.167 e. The number of hydrogen-bond donors (Lipinski definition) is 2. The second kappa shape index (κ2) is 6.50. The zero-order valence-electron chi connectivity index (χ0n) is 11.3. The van der Waals surface area contributed by atoms with Gasteiger partial charge in [0.1, 0.15) is 0 Å². The van der Waals surface area contributed by atoms with Gasteiger partial charge < -0.3 is 10.6 Å². The predicted octanol–water partition coefficient (Wildman–Crippen LogP) is 4.15. The summed E-state index contributed by atoms with van der Waals surface area (Å²) in [4.78, 5) is 4.00. The Balaban J connectivity index is 1.86. The Hall–Kier alpha value is -0.910. The van der Waals surface area contributed by atoms with Crippen LogP contribution in [-0.4, -0.2) is 5.11 Å². The molecule has 0 saturated heterocycles. The number of rotatable bonds is 4. The molecule has 0 amide bonds. The lowest BCUT2D eigenvalue weighted by Crippen LogP contribution is -2.36. The second-order valence-corrected chi connectivity index (χ2v) is 7.40. The van der Waals surface area contributed by atoms with Crippen LogP contribution >= 0.6 is 34.9 Å². The third kappa shape index (κ3) is 4.03. The maximum Gasteiger partial charge on any atom is 0.167 e. The molecule has 0 aliphatic carbocycles. The average Bonchev–Trinajstić information content (AvgIpc) is 2.96. The van der Waals surface area contributed by atoms with Crippen LogP contribution in [0.3, 0.4) is 0 Å². The van der Waals surface area contributed by atoms with Gasteiger partial charge in [-0.05, 0) is 56.1 Å². The van der Waals surface area contributed by atoms with Gasteiger partial charge in [0.15, 0.2) is 5.11 Å². The lowest BCUT2D eigenvalue weighted by atomic mass is 10.1. The highest BCUT2D eigenvalue weighted by atomic mass is 32.1. The van der Waals surface area contributed by atoms with Gasteiger partial charge in [-0.15, -0.1) is 22.7 Å². The molecular weight excluding hydrogens is 292 g/mol. The summed E-state index contributed by atoms with van der Waals surface area (Å²) < 4.78 is 0. The van der Waals surface area contributed by atoms with E-state index < -0.39 is 0 Å². The fourth-order valence-electron chi connectivity index (χ4n) is 1.99. The monoisotopic (exact) mass is 310 g/mol. The van der Waals surface area contributed by atoms with E-state index in [1.54, 1.807) is 11.3 Å². The first kappa shape index (κ1) is 14.5. The summed E-state index contributed by atoms with van der Waals surface area (Å²) in [6.45, 7) is 7.24. The molecule has 0 unspecified atom stereocenters. The summed E-state index contributed by atoms with van der Waals surface area (Å²) in [5.74, 6) is 0. The third-order valence-corrected chi connectivity index (χ3v) is 5.02. The zero-order valence-corrected chi connectivity index (χ0v) is 13.8. The van der Waals surface area contributed by atoms with Crippen LogP contribution in [0.1, 0.15) is 33.2 Å². The van der Waals surface area contributed by atoms with E-state index in [-0.39, 0.29) is 6.04 Å². The van der Waals surface area contributed by atoms with E-state index in [0.717, 1.165) is 6.54 Å². The zero-order chi connectivity index (χ0) is 13.8. The van der Waals surface area contributed by atoms with Crippen LogP contribution in [0, 0.1) is 13.8 Å². The molecule has 2 aromatic rings. The van der Waals surface area contributed by atoms with E-state index >= 15 is 0 Å². The highest BCUT2D eigenvalue weighted by molar-refractivity contribution is 7.80. The molecule has 2 N–H and O–H groups in total. The fourth-order valence-corrected chi connectivity index (χ4v) is 3.90. The van der Waals surface area contributed by atoms with Crippen molar-refractivity contribution in [2.45, 2.75) is 33.4 Å². The minimum Gasteiger partial charge on any atom is -0.358 e. The van der Waals surface area contributed by atoms with Crippen LogP contribution in [0.15, 0.2) is 23.6 Å². The molecule has 0 aliphatic heterocycles. The number of hydrogen-bond acceptors (Lipinski definition) is 3. The van der Waals surface area contributed by atoms with Gasteiger partial charge in [-0.2, -0.15) is 0 Å². The van der Waals surface area contributed by atoms with Gasteiger partial charge in [-0.3, -0.25) is 0 Å². The van der Waals surface area contributed by atoms with E-state index in [0.29, 0.717) is 5.11 Å². The van der Waals surface area contributed by atoms with Crippen molar-refractivity contribution >= 4 is 40.0 Å². The molecule has 102 valence electrons. The normalized spacial score (nSPS) is 12.2. The Morgan fingerprint density at radius 3 is 2.79 bits per heavy atom. The summed E-state index contributed by atoms with van der Waals surface area (Å²) in [5, 5.41) is 9.38. The van der Waals surface area contributed by atoms with Gasteiger partial charge in [0.2, 0.25) is 0 Å². The van der Waals surface area contributed by atoms with Crippen LogP contribution in [-0.2, 0) is 6.54 Å². The lowest BCUT2D eigenvalue weighted by Gasteiger charge is -2.16. The highest BCUT2D eigenvalue weighted by Gasteiger charge is 2.12. The van der Waals surface area contributed by atoms with Crippen molar-refractivity contribution in [1.82, 2.24) is 10.6 Å². The van der Waals surface area contributed by atoms with Crippen molar-refractivity contribution in [2.24, 2.45) is 0 Å². The van der Waals surface area contributed by atoms with Gasteiger partial charge in [-0.25, -0.2) is 0 Å². The topological polar surface area (TPSA) is 24.1 Å². The van der Waals surface area contributed by atoms with Crippen molar-refractivity contribution in [3.8, 4) is 0 Å². The van der Waals surface area contributed by atoms with E-state index in [4.69, 9.17) is 12.2 Å². The first-order valence-electron chi connectivity index (χ1n) is 6.20. The van der Waals surface area contributed by atoms with Crippen LogP contribution < -0.4 is 10.6 Å². The molecule has 2 nitrogen and oxygen atoms in total. The molecule has 0 saturated carbocycles. The molecule has 2 heterocycles. The Labute approximate surface area is 127 Å². The van der Waals surface area contributed by atoms with Gasteiger partial charge in [-0.1, -0.05) is 6.07 Å². The molecule has 0 fully saturated rings. The molecule has 0 aromatic carbocycles. The van der Waals surface area contributed by atoms with Crippen LogP contribution in [0.5, 0.6) is 0 Å². The highest BCUT2D eigenvalue weighted by Crippen LogP contribution is 2.25. The Bertz CT molecular complexity index is 543. The molecule has 0 radical (unpaired) electrons. The van der Waals surface area contributed by atoms with Crippen molar-refractivity contribution in [1.29, 1.82) is 0 Å². The van der Waals surface area contributed by atoms with E-state index in [9.17, 15) is 0 Å². The Morgan fingerprint density at radius 2 is 2.21 bits per heavy atom. The molecule has 19 heavy (non-hydrogen) atoms. The fraction of sp³-hybridized carbons (Fsp3) is 0.357. The van der Waals surface area contributed by atoms with Gasteiger partial charge in [0.25, 0.3) is 0 Å². The quantitative estimate of drug-likeness (QED) is 0.830. The molecule has 1 atom stereocenters. The molecular formula is C14H18N2S3. The van der Waals surface area contributed by atoms with Gasteiger partial charge in [0.05, 0.1) is 12.6 Å². The maximum absolute atomic E-state index is 5.34. The van der Waals surface area contributed by atoms with Crippen LogP contribution in [0.4, 0.5) is 0 Å². The van der Waals surface area contributed by atoms with Crippen LogP contribution in [0.2, 0.25) is 0 Å². The van der Waals surface area contributed by atoms with E-state index in [1.807, 2.05) is 11.3 Å². The first-order chi connectivity index (χ1) is 9.06. The largest absolute Gasteiger partial charge is 0.358 e. The summed E-state index contributed by atoms with van der Waals surface area (Å²) in [7, 11) is 0. The molecule has 2 aromatic heterocycles. The van der Waals surface area contributed by atoms with Crippen molar-refractivity contribution < 1.29 is 0 Å². The number of nitrogens with one attached hydrogen (secondary N) is 2. The van der Waals surface area contributed by atoms with Crippen molar-refractivity contribution in [3.63, 3.8) is 0 Å². The maximum atomic E-state index is 5.34. The standard InChI is InChI=1S/C14H18N2S3/c1-9-7-13(11(3)19-9)10(2)16-14(17)15-8-12-5-4-6-18-12/h4-7,10H,8H2,1-3H3,(H2,15,16,17)/t10-/m0/s1. The van der Waals surface area contributed by atoms with Crippen molar-refractivity contribution in [3.05, 3.63) is 43.8 Å². The molecule has 0 aliphatic rings. The SMILES string of the molecule is Cc1cc([C@H](C)NC(=S)NCc2cccs2)c(C)s1. The number of aryl methyl sites for hydroxylation is 2. The summed E-state index contributed by atoms with van der Waals surface area (Å²) >= 11 is 8.91. The third-order valence-electron chi connectivity index (χ3n) is 2.90. The van der Waals surface area contributed by atoms with Gasteiger partial charge in [0, 0.05) is 14.6 Å². The number of thiophene rings is 2. The minimum atomic E-state index is 0.244. The second-order valence-electron chi connectivity index (χ2n) is 4.50. The summed E-state index contributed by atoms with van der Waals surface area (Å²) in [6, 6.07) is 6.64. The van der Waals surface area contributed by atoms with Gasteiger partial charge >= 0.3 is 0 Å². The lowest BCUT2D eigenvalue weighted by molar-refractivity contribution is 0.697. The van der Waals surface area contributed by atoms with E-state index in [2.05, 4.69) is 55.0 Å². The summed E-state index contributed by atoms with van der Waals surface area (Å²) in [5.41, 5.74) is 1.34. The van der Waals surface area contributed by atoms with Crippen LogP contribution in [0.25, 0.3) is 0 Å². The minimum absolute atomic E-state index is 0.244. The Kier molecular flexibility index (Phi) is 4.96. The average molecular weight is 311 g/mol. The summed E-state index contributed by atoms with van der Waals surface area (Å²) in [6.07, 6.45) is 0. The van der Waals surface area contributed by atoms with Crippen molar-refractivity contribution in [2.75, 3.05) is 0 Å². The van der Waals surface area contributed by atoms with E-state index in [1.165, 1.54) is 20.2 Å².